The van der Waals surface area contributed by atoms with Gasteiger partial charge in [0.1, 0.15) is 5.01 Å². The lowest BCUT2D eigenvalue weighted by molar-refractivity contribution is -0.136. The van der Waals surface area contributed by atoms with Gasteiger partial charge in [0.05, 0.1) is 22.0 Å². The van der Waals surface area contributed by atoms with Gasteiger partial charge in [-0.3, -0.25) is 4.79 Å². The molecule has 0 bridgehead atoms. The number of hydrogen-bond acceptors (Lipinski definition) is 7. The monoisotopic (exact) mass is 411 g/mol. The zero-order valence-corrected chi connectivity index (χ0v) is 17.2. The molecule has 2 aromatic carbocycles. The second kappa shape index (κ2) is 8.08. The van der Waals surface area contributed by atoms with E-state index in [0.717, 1.165) is 20.8 Å². The van der Waals surface area contributed by atoms with Crippen molar-refractivity contribution in [1.82, 2.24) is 9.88 Å². The van der Waals surface area contributed by atoms with Crippen LogP contribution in [0.1, 0.15) is 30.5 Å². The van der Waals surface area contributed by atoms with Gasteiger partial charge in [0.2, 0.25) is 6.79 Å². The van der Waals surface area contributed by atoms with Crippen molar-refractivity contribution >= 4 is 33.2 Å². The van der Waals surface area contributed by atoms with Crippen molar-refractivity contribution in [3.8, 4) is 11.5 Å². The van der Waals surface area contributed by atoms with Crippen molar-refractivity contribution < 1.29 is 19.1 Å². The number of carbonyl (C=O) groups is 1. The molecule has 1 atom stereocenters. The van der Waals surface area contributed by atoms with E-state index >= 15 is 0 Å². The van der Waals surface area contributed by atoms with Crippen LogP contribution in [0.2, 0.25) is 0 Å². The molecule has 0 spiro atoms. The standard InChI is InChI=1S/C21H21N3O4S/c1-13(15-8-9-17-18(10-15)27-12-26-17)23-28-11-20(25)24(3)14(2)21-22-16-6-4-5-7-19(16)29-21/h4-10,14H,11-12H2,1-3H3/b23-13-/t14-/m0/s1. The van der Waals surface area contributed by atoms with Crippen LogP contribution in [0.3, 0.4) is 0 Å². The number of aromatic nitrogens is 1. The molecule has 2 heterocycles. The molecule has 3 aromatic rings. The van der Waals surface area contributed by atoms with Gasteiger partial charge in [0.25, 0.3) is 5.91 Å². The number of nitrogens with zero attached hydrogens (tertiary/aromatic N) is 3. The molecule has 0 radical (unpaired) electrons. The van der Waals surface area contributed by atoms with Crippen LogP contribution >= 0.6 is 11.3 Å². The summed E-state index contributed by atoms with van der Waals surface area (Å²) in [7, 11) is 1.75. The van der Waals surface area contributed by atoms with Crippen molar-refractivity contribution in [2.45, 2.75) is 19.9 Å². The number of fused-ring (bicyclic) bond motifs is 2. The molecule has 0 saturated heterocycles. The van der Waals surface area contributed by atoms with Crippen molar-refractivity contribution in [3.05, 3.63) is 53.0 Å². The third-order valence-electron chi connectivity index (χ3n) is 4.82. The van der Waals surface area contributed by atoms with Crippen molar-refractivity contribution in [2.75, 3.05) is 20.4 Å². The molecule has 8 heteroatoms. The SMILES string of the molecule is C/C(=N/OCC(=O)N(C)[C@@H](C)c1nc2ccccc2s1)c1ccc2c(c1)OCO2. The van der Waals surface area contributed by atoms with Gasteiger partial charge in [0, 0.05) is 12.6 Å². The van der Waals surface area contributed by atoms with Crippen LogP contribution in [0.5, 0.6) is 11.5 Å². The Kier molecular flexibility index (Phi) is 5.35. The fourth-order valence-corrected chi connectivity index (χ4v) is 3.97. The highest BCUT2D eigenvalue weighted by atomic mass is 32.1. The number of benzene rings is 2. The van der Waals surface area contributed by atoms with E-state index in [4.69, 9.17) is 14.3 Å². The maximum absolute atomic E-state index is 12.5. The first-order chi connectivity index (χ1) is 14.0. The Balaban J connectivity index is 1.36. The van der Waals surface area contributed by atoms with E-state index in [-0.39, 0.29) is 25.3 Å². The highest BCUT2D eigenvalue weighted by Crippen LogP contribution is 2.32. The first-order valence-electron chi connectivity index (χ1n) is 9.20. The van der Waals surface area contributed by atoms with Gasteiger partial charge in [-0.15, -0.1) is 11.3 Å². The Labute approximate surface area is 172 Å². The minimum Gasteiger partial charge on any atom is -0.454 e. The highest BCUT2D eigenvalue weighted by molar-refractivity contribution is 7.18. The van der Waals surface area contributed by atoms with E-state index in [9.17, 15) is 4.79 Å². The molecule has 0 N–H and O–H groups in total. The first-order valence-corrected chi connectivity index (χ1v) is 10.0. The van der Waals surface area contributed by atoms with Crippen molar-refractivity contribution in [3.63, 3.8) is 0 Å². The third kappa shape index (κ3) is 4.02. The van der Waals surface area contributed by atoms with E-state index in [1.807, 2.05) is 56.3 Å². The number of rotatable bonds is 6. The molecule has 0 saturated carbocycles. The maximum atomic E-state index is 12.5. The molecular formula is C21H21N3O4S. The molecule has 29 heavy (non-hydrogen) atoms. The topological polar surface area (TPSA) is 73.2 Å². The molecular weight excluding hydrogens is 390 g/mol. The lowest BCUT2D eigenvalue weighted by Crippen LogP contribution is -2.32. The predicted molar refractivity (Wildman–Crippen MR) is 112 cm³/mol. The van der Waals surface area contributed by atoms with E-state index < -0.39 is 0 Å². The number of carbonyl (C=O) groups excluding carboxylic acids is 1. The summed E-state index contributed by atoms with van der Waals surface area (Å²) in [5, 5.41) is 4.96. The molecule has 7 nitrogen and oxygen atoms in total. The number of thiazole rings is 1. The molecule has 1 aliphatic rings. The predicted octanol–water partition coefficient (Wildman–Crippen LogP) is 3.99. The van der Waals surface area contributed by atoms with Crippen LogP contribution in [-0.2, 0) is 9.63 Å². The normalized spacial score (nSPS) is 14.1. The number of ether oxygens (including phenoxy) is 2. The third-order valence-corrected chi connectivity index (χ3v) is 6.03. The Morgan fingerprint density at radius 1 is 1.28 bits per heavy atom. The lowest BCUT2D eigenvalue weighted by Gasteiger charge is -2.22. The van der Waals surface area contributed by atoms with Crippen LogP contribution < -0.4 is 9.47 Å². The molecule has 4 rings (SSSR count). The van der Waals surface area contributed by atoms with E-state index in [1.165, 1.54) is 0 Å². The average Bonchev–Trinajstić information content (AvgIpc) is 3.38. The van der Waals surface area contributed by atoms with Crippen LogP contribution in [0.4, 0.5) is 0 Å². The summed E-state index contributed by atoms with van der Waals surface area (Å²) < 4.78 is 11.8. The van der Waals surface area contributed by atoms with E-state index in [0.29, 0.717) is 17.2 Å². The van der Waals surface area contributed by atoms with E-state index in [2.05, 4.69) is 10.1 Å². The smallest absolute Gasteiger partial charge is 0.263 e. The highest BCUT2D eigenvalue weighted by Gasteiger charge is 2.21. The molecule has 0 fully saturated rings. The number of likely N-dealkylation sites (N-methyl/N-ethyl adjacent to an activating group) is 1. The number of hydrogen-bond donors (Lipinski definition) is 0. The van der Waals surface area contributed by atoms with Crippen LogP contribution in [0.15, 0.2) is 47.6 Å². The molecule has 150 valence electrons. The molecule has 1 aromatic heterocycles. The van der Waals surface area contributed by atoms with Gasteiger partial charge in [-0.2, -0.15) is 0 Å². The Bertz CT molecular complexity index is 1050. The molecule has 1 aliphatic heterocycles. The fraction of sp³-hybridized carbons (Fsp3) is 0.286. The summed E-state index contributed by atoms with van der Waals surface area (Å²) in [5.74, 6) is 1.22. The van der Waals surface area contributed by atoms with Crippen LogP contribution in [-0.4, -0.2) is 42.0 Å². The summed E-state index contributed by atoms with van der Waals surface area (Å²) >= 11 is 1.59. The Morgan fingerprint density at radius 3 is 2.90 bits per heavy atom. The van der Waals surface area contributed by atoms with Crippen molar-refractivity contribution in [1.29, 1.82) is 0 Å². The minimum absolute atomic E-state index is 0.145. The quantitative estimate of drug-likeness (QED) is 0.453. The lowest BCUT2D eigenvalue weighted by atomic mass is 10.1. The van der Waals surface area contributed by atoms with Gasteiger partial charge in [-0.25, -0.2) is 4.98 Å². The van der Waals surface area contributed by atoms with E-state index in [1.54, 1.807) is 23.3 Å². The minimum atomic E-state index is -0.168. The van der Waals surface area contributed by atoms with Crippen LogP contribution in [0.25, 0.3) is 10.2 Å². The summed E-state index contributed by atoms with van der Waals surface area (Å²) in [6.07, 6.45) is 0. The number of oxime groups is 1. The molecule has 0 aliphatic carbocycles. The van der Waals surface area contributed by atoms with Crippen molar-refractivity contribution in [2.24, 2.45) is 5.16 Å². The first kappa shape index (κ1) is 19.2. The molecule has 1 amide bonds. The van der Waals surface area contributed by atoms with Gasteiger partial charge in [-0.1, -0.05) is 17.3 Å². The Morgan fingerprint density at radius 2 is 2.07 bits per heavy atom. The summed E-state index contributed by atoms with van der Waals surface area (Å²) in [5.41, 5.74) is 2.44. The zero-order chi connectivity index (χ0) is 20.4. The summed E-state index contributed by atoms with van der Waals surface area (Å²) in [6.45, 7) is 3.85. The van der Waals surface area contributed by atoms with Gasteiger partial charge < -0.3 is 19.2 Å². The van der Waals surface area contributed by atoms with Crippen LogP contribution in [0, 0.1) is 0 Å². The number of para-hydroxylation sites is 1. The largest absolute Gasteiger partial charge is 0.454 e. The average molecular weight is 411 g/mol. The summed E-state index contributed by atoms with van der Waals surface area (Å²) in [4.78, 5) is 24.1. The summed E-state index contributed by atoms with van der Waals surface area (Å²) in [6, 6.07) is 13.3. The van der Waals surface area contributed by atoms with Gasteiger partial charge in [0.15, 0.2) is 18.1 Å². The Hall–Kier alpha value is -3.13. The second-order valence-electron chi connectivity index (χ2n) is 6.72. The molecule has 0 unspecified atom stereocenters. The van der Waals surface area contributed by atoms with Gasteiger partial charge >= 0.3 is 0 Å². The van der Waals surface area contributed by atoms with Gasteiger partial charge in [-0.05, 0) is 44.2 Å². The maximum Gasteiger partial charge on any atom is 0.263 e. The zero-order valence-electron chi connectivity index (χ0n) is 16.4. The number of amides is 1. The fourth-order valence-electron chi connectivity index (χ4n) is 2.91. The second-order valence-corrected chi connectivity index (χ2v) is 7.78.